The average Bonchev–Trinajstić information content (AvgIpc) is 2.31. The second-order valence-electron chi connectivity index (χ2n) is 1.71. The SMILES string of the molecule is O=[N+]([O-])c1nc(I)[nH]c1[N+](=O)[O-]. The van der Waals surface area contributed by atoms with Gasteiger partial charge in [0.05, 0.1) is 22.6 Å². The number of nitrogens with zero attached hydrogens (tertiary/aromatic N) is 3. The molecule has 0 saturated carbocycles. The minimum Gasteiger partial charge on any atom is -0.358 e. The van der Waals surface area contributed by atoms with Crippen LogP contribution in [0, 0.1) is 24.1 Å². The third kappa shape index (κ3) is 1.49. The Labute approximate surface area is 78.4 Å². The van der Waals surface area contributed by atoms with Crippen LogP contribution in [0.5, 0.6) is 0 Å². The summed E-state index contributed by atoms with van der Waals surface area (Å²) in [6.07, 6.45) is 0. The van der Waals surface area contributed by atoms with Gasteiger partial charge in [-0.25, -0.2) is 0 Å². The van der Waals surface area contributed by atoms with Crippen molar-refractivity contribution >= 4 is 34.2 Å². The summed E-state index contributed by atoms with van der Waals surface area (Å²) in [6, 6.07) is 0. The number of nitro groups is 2. The van der Waals surface area contributed by atoms with Crippen LogP contribution in [0.3, 0.4) is 0 Å². The van der Waals surface area contributed by atoms with Gasteiger partial charge in [-0.15, -0.1) is 0 Å². The van der Waals surface area contributed by atoms with Crippen molar-refractivity contribution in [2.75, 3.05) is 0 Å². The number of hydrogen-bond donors (Lipinski definition) is 1. The summed E-state index contributed by atoms with van der Waals surface area (Å²) < 4.78 is 0.117. The molecule has 1 rings (SSSR count). The summed E-state index contributed by atoms with van der Waals surface area (Å²) >= 11 is 1.62. The standard InChI is InChI=1S/C3HIN4O4/c4-3-5-1(7(9)10)2(6-3)8(11)12/h(H,5,6). The van der Waals surface area contributed by atoms with Crippen molar-refractivity contribution in [2.45, 2.75) is 0 Å². The van der Waals surface area contributed by atoms with Crippen LogP contribution in [0.15, 0.2) is 0 Å². The highest BCUT2D eigenvalue weighted by Crippen LogP contribution is 2.23. The van der Waals surface area contributed by atoms with Gasteiger partial charge in [0.15, 0.2) is 0 Å². The first-order valence-corrected chi connectivity index (χ1v) is 3.64. The zero-order chi connectivity index (χ0) is 9.30. The second kappa shape index (κ2) is 3.00. The van der Waals surface area contributed by atoms with E-state index in [0.717, 1.165) is 0 Å². The predicted octanol–water partition coefficient (Wildman–Crippen LogP) is 0.831. The third-order valence-corrected chi connectivity index (χ3v) is 1.50. The summed E-state index contributed by atoms with van der Waals surface area (Å²) in [5.41, 5.74) is 0. The van der Waals surface area contributed by atoms with E-state index in [4.69, 9.17) is 0 Å². The molecule has 0 unspecified atom stereocenters. The topological polar surface area (TPSA) is 115 Å². The normalized spacial score (nSPS) is 9.75. The van der Waals surface area contributed by atoms with Gasteiger partial charge in [0.2, 0.25) is 0 Å². The first-order valence-electron chi connectivity index (χ1n) is 2.56. The summed E-state index contributed by atoms with van der Waals surface area (Å²) in [7, 11) is 0. The average molecular weight is 284 g/mol. The highest BCUT2D eigenvalue weighted by Gasteiger charge is 2.30. The van der Waals surface area contributed by atoms with Crippen LogP contribution in [0.4, 0.5) is 11.6 Å². The molecule has 64 valence electrons. The molecule has 0 spiro atoms. The van der Waals surface area contributed by atoms with E-state index >= 15 is 0 Å². The molecule has 1 N–H and O–H groups in total. The molecule has 1 aromatic rings. The van der Waals surface area contributed by atoms with Gasteiger partial charge in [-0.1, -0.05) is 0 Å². The number of halogens is 1. The minimum absolute atomic E-state index is 0.117. The molecule has 12 heavy (non-hydrogen) atoms. The fourth-order valence-electron chi connectivity index (χ4n) is 0.582. The molecule has 0 atom stereocenters. The fraction of sp³-hybridized carbons (Fsp3) is 0. The van der Waals surface area contributed by atoms with Gasteiger partial charge >= 0.3 is 15.5 Å². The van der Waals surface area contributed by atoms with Gasteiger partial charge < -0.3 is 20.2 Å². The Morgan fingerprint density at radius 1 is 1.33 bits per heavy atom. The first kappa shape index (κ1) is 8.83. The van der Waals surface area contributed by atoms with Crippen LogP contribution in [0.25, 0.3) is 0 Å². The third-order valence-electron chi connectivity index (χ3n) is 0.993. The monoisotopic (exact) mass is 284 g/mol. The summed E-state index contributed by atoms with van der Waals surface area (Å²) in [5.74, 6) is -1.45. The number of aromatic nitrogens is 2. The van der Waals surface area contributed by atoms with Gasteiger partial charge in [0.1, 0.15) is 0 Å². The molecule has 0 bridgehead atoms. The quantitative estimate of drug-likeness (QED) is 0.490. The summed E-state index contributed by atoms with van der Waals surface area (Å²) in [4.78, 5) is 24.0. The molecule has 0 aromatic carbocycles. The zero-order valence-electron chi connectivity index (χ0n) is 5.35. The molecule has 0 fully saturated rings. The molecule has 9 heteroatoms. The van der Waals surface area contributed by atoms with Crippen LogP contribution in [0.2, 0.25) is 0 Å². The zero-order valence-corrected chi connectivity index (χ0v) is 7.51. The van der Waals surface area contributed by atoms with Crippen molar-refractivity contribution in [1.82, 2.24) is 9.97 Å². The Hall–Kier alpha value is -1.26. The van der Waals surface area contributed by atoms with Gasteiger partial charge in [-0.2, -0.15) is 4.98 Å². The molecular weight excluding hydrogens is 283 g/mol. The van der Waals surface area contributed by atoms with E-state index in [1.54, 1.807) is 22.6 Å². The van der Waals surface area contributed by atoms with E-state index in [9.17, 15) is 20.2 Å². The smallest absolute Gasteiger partial charge is 0.358 e. The van der Waals surface area contributed by atoms with E-state index in [2.05, 4.69) is 9.97 Å². The number of H-pyrrole nitrogens is 1. The van der Waals surface area contributed by atoms with Crippen molar-refractivity contribution in [2.24, 2.45) is 0 Å². The Morgan fingerprint density at radius 2 is 1.92 bits per heavy atom. The number of imidazole rings is 1. The van der Waals surface area contributed by atoms with Gasteiger partial charge in [0, 0.05) is 4.98 Å². The Balaban J connectivity index is 3.26. The van der Waals surface area contributed by atoms with Crippen LogP contribution < -0.4 is 0 Å². The molecule has 1 heterocycles. The molecule has 0 aliphatic carbocycles. The second-order valence-corrected chi connectivity index (χ2v) is 2.74. The molecule has 0 aliphatic heterocycles. The lowest BCUT2D eigenvalue weighted by atomic mass is 10.7. The van der Waals surface area contributed by atoms with Crippen LogP contribution >= 0.6 is 22.6 Å². The van der Waals surface area contributed by atoms with Gasteiger partial charge in [0.25, 0.3) is 0 Å². The van der Waals surface area contributed by atoms with E-state index in [1.165, 1.54) is 0 Å². The van der Waals surface area contributed by atoms with Crippen molar-refractivity contribution in [3.05, 3.63) is 24.1 Å². The molecule has 0 radical (unpaired) electrons. The highest BCUT2D eigenvalue weighted by atomic mass is 127. The largest absolute Gasteiger partial charge is 0.463 e. The van der Waals surface area contributed by atoms with Crippen LogP contribution in [0.1, 0.15) is 0 Å². The Morgan fingerprint density at radius 3 is 2.25 bits per heavy atom. The fourth-order valence-corrected chi connectivity index (χ4v) is 1.07. The van der Waals surface area contributed by atoms with E-state index < -0.39 is 21.5 Å². The molecule has 0 saturated heterocycles. The van der Waals surface area contributed by atoms with Crippen molar-refractivity contribution in [3.63, 3.8) is 0 Å². The Kier molecular flexibility index (Phi) is 2.21. The van der Waals surface area contributed by atoms with E-state index in [-0.39, 0.29) is 3.83 Å². The number of aromatic amines is 1. The molecule has 0 amide bonds. The van der Waals surface area contributed by atoms with Crippen LogP contribution in [-0.2, 0) is 0 Å². The number of hydrogen-bond acceptors (Lipinski definition) is 5. The lowest BCUT2D eigenvalue weighted by molar-refractivity contribution is -0.427. The molecular formula is C3HIN4O4. The maximum absolute atomic E-state index is 10.2. The highest BCUT2D eigenvalue weighted by molar-refractivity contribution is 14.1. The number of rotatable bonds is 2. The van der Waals surface area contributed by atoms with E-state index in [0.29, 0.717) is 0 Å². The molecule has 8 nitrogen and oxygen atoms in total. The lowest BCUT2D eigenvalue weighted by Crippen LogP contribution is -1.94. The van der Waals surface area contributed by atoms with Crippen molar-refractivity contribution < 1.29 is 9.85 Å². The lowest BCUT2D eigenvalue weighted by Gasteiger charge is -1.88. The number of nitrogens with one attached hydrogen (secondary N) is 1. The maximum atomic E-state index is 10.2. The first-order chi connectivity index (χ1) is 5.52. The van der Waals surface area contributed by atoms with E-state index in [1.807, 2.05) is 0 Å². The van der Waals surface area contributed by atoms with Gasteiger partial charge in [-0.3, -0.25) is 0 Å². The molecule has 0 aliphatic rings. The minimum atomic E-state index is -0.906. The molecule has 1 aromatic heterocycles. The van der Waals surface area contributed by atoms with Gasteiger partial charge in [-0.05, 0) is 9.85 Å². The summed E-state index contributed by atoms with van der Waals surface area (Å²) in [5, 5.41) is 20.3. The maximum Gasteiger partial charge on any atom is 0.463 e. The summed E-state index contributed by atoms with van der Waals surface area (Å²) in [6.45, 7) is 0. The van der Waals surface area contributed by atoms with Crippen LogP contribution in [-0.4, -0.2) is 19.8 Å². The predicted molar refractivity (Wildman–Crippen MR) is 44.6 cm³/mol. The van der Waals surface area contributed by atoms with Crippen molar-refractivity contribution in [3.8, 4) is 0 Å². The van der Waals surface area contributed by atoms with Crippen molar-refractivity contribution in [1.29, 1.82) is 0 Å². The Bertz CT molecular complexity index is 315.